The molecule has 0 radical (unpaired) electrons. The molecule has 4 heteroatoms. The maximum atomic E-state index is 8.79. The van der Waals surface area contributed by atoms with Crippen molar-refractivity contribution < 1.29 is 10.0 Å². The maximum Gasteiger partial charge on any atom is 0.485 e. The van der Waals surface area contributed by atoms with Gasteiger partial charge in [-0.3, -0.25) is 0 Å². The summed E-state index contributed by atoms with van der Waals surface area (Å²) in [7, 11) is -1.48. The van der Waals surface area contributed by atoms with E-state index in [1.54, 1.807) is 6.08 Å². The number of allylic oxidation sites excluding steroid dienone is 4. The van der Waals surface area contributed by atoms with Gasteiger partial charge in [0.1, 0.15) is 0 Å². The van der Waals surface area contributed by atoms with Crippen LogP contribution in [-0.2, 0) is 0 Å². The summed E-state index contributed by atoms with van der Waals surface area (Å²) in [5, 5.41) is 26.1. The second kappa shape index (κ2) is 3.38. The lowest BCUT2D eigenvalue weighted by molar-refractivity contribution is 0.416. The van der Waals surface area contributed by atoms with E-state index in [0.717, 1.165) is 6.42 Å². The summed E-state index contributed by atoms with van der Waals surface area (Å²) in [4.78, 5) is 0. The summed E-state index contributed by atoms with van der Waals surface area (Å²) in [6.07, 6.45) is 4.82. The SMILES string of the molecule is N#CC1=C(B(O)O)CCC=C1. The van der Waals surface area contributed by atoms with E-state index in [9.17, 15) is 0 Å². The van der Waals surface area contributed by atoms with Crippen molar-refractivity contribution in [2.24, 2.45) is 0 Å². The Morgan fingerprint density at radius 1 is 1.55 bits per heavy atom. The summed E-state index contributed by atoms with van der Waals surface area (Å²) in [6.45, 7) is 0. The van der Waals surface area contributed by atoms with Crippen LogP contribution in [0, 0.1) is 11.3 Å². The first-order valence-corrected chi connectivity index (χ1v) is 3.41. The van der Waals surface area contributed by atoms with E-state index in [1.807, 2.05) is 12.1 Å². The second-order valence-corrected chi connectivity index (χ2v) is 2.37. The Morgan fingerprint density at radius 2 is 2.27 bits per heavy atom. The van der Waals surface area contributed by atoms with E-state index < -0.39 is 7.12 Å². The number of hydrogen-bond donors (Lipinski definition) is 2. The number of hydrogen-bond acceptors (Lipinski definition) is 3. The van der Waals surface area contributed by atoms with Gasteiger partial charge in [0.05, 0.1) is 6.07 Å². The van der Waals surface area contributed by atoms with Crippen molar-refractivity contribution in [1.82, 2.24) is 0 Å². The topological polar surface area (TPSA) is 64.2 Å². The highest BCUT2D eigenvalue weighted by atomic mass is 16.4. The van der Waals surface area contributed by atoms with Gasteiger partial charge in [-0.2, -0.15) is 5.26 Å². The van der Waals surface area contributed by atoms with Gasteiger partial charge in [-0.15, -0.1) is 0 Å². The second-order valence-electron chi connectivity index (χ2n) is 2.37. The molecule has 0 saturated carbocycles. The Labute approximate surface area is 65.4 Å². The van der Waals surface area contributed by atoms with Crippen molar-refractivity contribution >= 4 is 7.12 Å². The first kappa shape index (κ1) is 8.06. The fourth-order valence-electron chi connectivity index (χ4n) is 1.06. The van der Waals surface area contributed by atoms with E-state index in [-0.39, 0.29) is 0 Å². The van der Waals surface area contributed by atoms with E-state index in [0.29, 0.717) is 17.5 Å². The van der Waals surface area contributed by atoms with Crippen molar-refractivity contribution in [3.63, 3.8) is 0 Å². The molecule has 0 heterocycles. The monoisotopic (exact) mass is 149 g/mol. The zero-order valence-corrected chi connectivity index (χ0v) is 5.99. The Kier molecular flexibility index (Phi) is 2.47. The Morgan fingerprint density at radius 3 is 2.73 bits per heavy atom. The molecular weight excluding hydrogens is 141 g/mol. The van der Waals surface area contributed by atoms with Crippen LogP contribution < -0.4 is 0 Å². The van der Waals surface area contributed by atoms with Gasteiger partial charge < -0.3 is 10.0 Å². The standard InChI is InChI=1S/C7H8BNO2/c9-5-6-3-1-2-4-7(6)8(10)11/h1,3,10-11H,2,4H2. The molecule has 0 aromatic heterocycles. The van der Waals surface area contributed by atoms with Crippen LogP contribution in [0.1, 0.15) is 12.8 Å². The van der Waals surface area contributed by atoms with Crippen molar-refractivity contribution in [1.29, 1.82) is 5.26 Å². The number of nitriles is 1. The fourth-order valence-corrected chi connectivity index (χ4v) is 1.06. The van der Waals surface area contributed by atoms with Gasteiger partial charge in [0.25, 0.3) is 0 Å². The highest BCUT2D eigenvalue weighted by Crippen LogP contribution is 2.18. The molecular formula is C7H8BNO2. The highest BCUT2D eigenvalue weighted by Gasteiger charge is 2.19. The minimum atomic E-state index is -1.48. The fraction of sp³-hybridized carbons (Fsp3) is 0.286. The smallest absolute Gasteiger partial charge is 0.423 e. The minimum Gasteiger partial charge on any atom is -0.423 e. The summed E-state index contributed by atoms with van der Waals surface area (Å²) in [5.74, 6) is 0. The van der Waals surface area contributed by atoms with Gasteiger partial charge in [0, 0.05) is 5.57 Å². The lowest BCUT2D eigenvalue weighted by atomic mass is 9.72. The van der Waals surface area contributed by atoms with E-state index in [2.05, 4.69) is 0 Å². The molecule has 1 rings (SSSR count). The number of rotatable bonds is 1. The van der Waals surface area contributed by atoms with Gasteiger partial charge in [-0.1, -0.05) is 6.08 Å². The van der Waals surface area contributed by atoms with Crippen LogP contribution in [0.15, 0.2) is 23.2 Å². The Bertz CT molecular complexity index is 250. The molecule has 0 aromatic rings. The van der Waals surface area contributed by atoms with Gasteiger partial charge >= 0.3 is 7.12 Å². The minimum absolute atomic E-state index is 0.381. The first-order valence-electron chi connectivity index (χ1n) is 3.41. The maximum absolute atomic E-state index is 8.79. The van der Waals surface area contributed by atoms with Crippen LogP contribution in [0.2, 0.25) is 0 Å². The molecule has 1 aliphatic rings. The molecule has 3 nitrogen and oxygen atoms in total. The van der Waals surface area contributed by atoms with Crippen molar-refractivity contribution in [2.75, 3.05) is 0 Å². The molecule has 2 N–H and O–H groups in total. The molecule has 0 amide bonds. The van der Waals surface area contributed by atoms with Crippen LogP contribution in [-0.4, -0.2) is 17.2 Å². The summed E-state index contributed by atoms with van der Waals surface area (Å²) in [6, 6.07) is 1.91. The zero-order chi connectivity index (χ0) is 8.27. The van der Waals surface area contributed by atoms with E-state index in [4.69, 9.17) is 15.3 Å². The lowest BCUT2D eigenvalue weighted by Crippen LogP contribution is -2.18. The van der Waals surface area contributed by atoms with E-state index in [1.165, 1.54) is 0 Å². The molecule has 0 spiro atoms. The van der Waals surface area contributed by atoms with Crippen LogP contribution in [0.25, 0.3) is 0 Å². The van der Waals surface area contributed by atoms with Crippen molar-refractivity contribution in [3.8, 4) is 6.07 Å². The summed E-state index contributed by atoms with van der Waals surface area (Å²) in [5.41, 5.74) is 0.807. The quantitative estimate of drug-likeness (QED) is 0.522. The molecule has 11 heavy (non-hydrogen) atoms. The average Bonchev–Trinajstić information content (AvgIpc) is 2.04. The predicted octanol–water partition coefficient (Wildman–Crippen LogP) is 0.169. The van der Waals surface area contributed by atoms with Crippen molar-refractivity contribution in [3.05, 3.63) is 23.2 Å². The molecule has 1 aliphatic carbocycles. The molecule has 0 aromatic carbocycles. The van der Waals surface area contributed by atoms with E-state index >= 15 is 0 Å². The molecule has 0 fully saturated rings. The highest BCUT2D eigenvalue weighted by molar-refractivity contribution is 6.51. The third kappa shape index (κ3) is 1.70. The largest absolute Gasteiger partial charge is 0.485 e. The van der Waals surface area contributed by atoms with Gasteiger partial charge in [0.15, 0.2) is 0 Å². The number of nitrogens with zero attached hydrogens (tertiary/aromatic N) is 1. The van der Waals surface area contributed by atoms with Crippen LogP contribution in [0.3, 0.4) is 0 Å². The molecule has 56 valence electrons. The molecule has 0 unspecified atom stereocenters. The molecule has 0 atom stereocenters. The van der Waals surface area contributed by atoms with Crippen LogP contribution in [0.4, 0.5) is 0 Å². The van der Waals surface area contributed by atoms with Crippen LogP contribution >= 0.6 is 0 Å². The van der Waals surface area contributed by atoms with Gasteiger partial charge in [0.2, 0.25) is 0 Å². The molecule has 0 bridgehead atoms. The zero-order valence-electron chi connectivity index (χ0n) is 5.99. The average molecular weight is 149 g/mol. The summed E-state index contributed by atoms with van der Waals surface area (Å²) < 4.78 is 0. The third-order valence-corrected chi connectivity index (χ3v) is 1.64. The third-order valence-electron chi connectivity index (χ3n) is 1.64. The normalized spacial score (nSPS) is 16.5. The molecule has 0 saturated heterocycles. The molecule has 0 aliphatic heterocycles. The first-order chi connectivity index (χ1) is 5.25. The predicted molar refractivity (Wildman–Crippen MR) is 41.2 cm³/mol. The van der Waals surface area contributed by atoms with Crippen molar-refractivity contribution in [2.45, 2.75) is 12.8 Å². The Balaban J connectivity index is 2.94. The van der Waals surface area contributed by atoms with Gasteiger partial charge in [-0.25, -0.2) is 0 Å². The van der Waals surface area contributed by atoms with Gasteiger partial charge in [-0.05, 0) is 24.4 Å². The lowest BCUT2D eigenvalue weighted by Gasteiger charge is -2.09. The Hall–Kier alpha value is -1.05. The summed E-state index contributed by atoms with van der Waals surface area (Å²) >= 11 is 0. The van der Waals surface area contributed by atoms with Crippen LogP contribution in [0.5, 0.6) is 0 Å².